The Kier molecular flexibility index (Phi) is 6.41. The minimum Gasteiger partial charge on any atom is -0.493 e. The van der Waals surface area contributed by atoms with Crippen molar-refractivity contribution in [2.24, 2.45) is 0 Å². The molecule has 0 amide bonds. The number of hydrogen-bond acceptors (Lipinski definition) is 5. The van der Waals surface area contributed by atoms with Gasteiger partial charge in [-0.3, -0.25) is 0 Å². The van der Waals surface area contributed by atoms with E-state index >= 15 is 0 Å². The minimum absolute atomic E-state index is 0.299. The molecule has 7 heteroatoms. The van der Waals surface area contributed by atoms with E-state index < -0.39 is 0 Å². The fraction of sp³-hybridized carbons (Fsp3) is 0.217. The second kappa shape index (κ2) is 9.37. The second-order valence-electron chi connectivity index (χ2n) is 6.68. The van der Waals surface area contributed by atoms with Crippen LogP contribution in [0, 0.1) is 0 Å². The monoisotopic (exact) mass is 445 g/mol. The zero-order valence-corrected chi connectivity index (χ0v) is 17.9. The molecule has 0 saturated carbocycles. The van der Waals surface area contributed by atoms with Gasteiger partial charge in [-0.1, -0.05) is 41.4 Å². The standard InChI is InChI=1S/C23H21Cl2NO4/c1-27-21-4-2-3-15(23(21)30-14-16-5-6-17(24)11-19(16)25)13-26-18-7-8-20-22(12-18)29-10-9-28-20/h2-8,11-12,26H,9-10,13-14H2,1H3. The van der Waals surface area contributed by atoms with E-state index in [1.807, 2.05) is 42.5 Å². The van der Waals surface area contributed by atoms with E-state index in [0.717, 1.165) is 28.3 Å². The van der Waals surface area contributed by atoms with Gasteiger partial charge in [-0.2, -0.15) is 0 Å². The molecule has 0 fully saturated rings. The summed E-state index contributed by atoms with van der Waals surface area (Å²) < 4.78 is 22.8. The molecular formula is C23H21Cl2NO4. The SMILES string of the molecule is COc1cccc(CNc2ccc3c(c2)OCCO3)c1OCc1ccc(Cl)cc1Cl. The van der Waals surface area contributed by atoms with Gasteiger partial charge in [-0.25, -0.2) is 0 Å². The predicted octanol–water partition coefficient (Wildman–Crippen LogP) is 5.96. The Hall–Kier alpha value is -2.76. The van der Waals surface area contributed by atoms with Crippen molar-refractivity contribution in [3.05, 3.63) is 75.8 Å². The third kappa shape index (κ3) is 4.69. The number of hydrogen-bond donors (Lipinski definition) is 1. The Morgan fingerprint density at radius 1 is 0.933 bits per heavy atom. The van der Waals surface area contributed by atoms with Crippen molar-refractivity contribution in [1.82, 2.24) is 0 Å². The third-order valence-corrected chi connectivity index (χ3v) is 5.28. The maximum Gasteiger partial charge on any atom is 0.166 e. The van der Waals surface area contributed by atoms with E-state index in [1.165, 1.54) is 0 Å². The summed E-state index contributed by atoms with van der Waals surface area (Å²) in [6.45, 7) is 1.97. The average molecular weight is 446 g/mol. The lowest BCUT2D eigenvalue weighted by Crippen LogP contribution is -2.15. The van der Waals surface area contributed by atoms with Gasteiger partial charge in [0.2, 0.25) is 0 Å². The summed E-state index contributed by atoms with van der Waals surface area (Å²) >= 11 is 12.3. The van der Waals surface area contributed by atoms with Crippen LogP contribution < -0.4 is 24.3 Å². The molecule has 0 aliphatic carbocycles. The molecule has 1 aliphatic heterocycles. The molecule has 0 spiro atoms. The predicted molar refractivity (Wildman–Crippen MR) is 119 cm³/mol. The Morgan fingerprint density at radius 2 is 1.77 bits per heavy atom. The Morgan fingerprint density at radius 3 is 2.57 bits per heavy atom. The second-order valence-corrected chi connectivity index (χ2v) is 7.53. The van der Waals surface area contributed by atoms with Gasteiger partial charge < -0.3 is 24.3 Å². The maximum absolute atomic E-state index is 6.28. The lowest BCUT2D eigenvalue weighted by atomic mass is 10.1. The molecule has 3 aromatic rings. The lowest BCUT2D eigenvalue weighted by Gasteiger charge is -2.20. The molecule has 0 unspecified atom stereocenters. The van der Waals surface area contributed by atoms with Crippen LogP contribution in [0.2, 0.25) is 10.0 Å². The molecule has 1 N–H and O–H groups in total. The molecule has 1 heterocycles. The van der Waals surface area contributed by atoms with Crippen molar-refractivity contribution in [2.75, 3.05) is 25.6 Å². The summed E-state index contributed by atoms with van der Waals surface area (Å²) in [5, 5.41) is 4.56. The van der Waals surface area contributed by atoms with Gasteiger partial charge in [0.25, 0.3) is 0 Å². The highest BCUT2D eigenvalue weighted by atomic mass is 35.5. The van der Waals surface area contributed by atoms with Gasteiger partial charge in [-0.05, 0) is 30.3 Å². The summed E-state index contributed by atoms with van der Waals surface area (Å²) in [7, 11) is 1.62. The highest BCUT2D eigenvalue weighted by Gasteiger charge is 2.14. The van der Waals surface area contributed by atoms with E-state index in [2.05, 4.69) is 5.32 Å². The molecule has 4 rings (SSSR count). The highest BCUT2D eigenvalue weighted by Crippen LogP contribution is 2.35. The largest absolute Gasteiger partial charge is 0.493 e. The first kappa shape index (κ1) is 20.5. The first-order chi connectivity index (χ1) is 14.6. The van der Waals surface area contributed by atoms with Crippen molar-refractivity contribution < 1.29 is 18.9 Å². The van der Waals surface area contributed by atoms with E-state index in [9.17, 15) is 0 Å². The number of fused-ring (bicyclic) bond motifs is 1. The molecule has 0 aromatic heterocycles. The van der Waals surface area contributed by atoms with Crippen LogP contribution in [0.5, 0.6) is 23.0 Å². The zero-order chi connectivity index (χ0) is 20.9. The van der Waals surface area contributed by atoms with Crippen LogP contribution in [0.3, 0.4) is 0 Å². The summed E-state index contributed by atoms with van der Waals surface area (Å²) in [4.78, 5) is 0. The van der Waals surface area contributed by atoms with Gasteiger partial charge in [0.15, 0.2) is 23.0 Å². The smallest absolute Gasteiger partial charge is 0.166 e. The van der Waals surface area contributed by atoms with Crippen LogP contribution in [0.4, 0.5) is 5.69 Å². The number of anilines is 1. The average Bonchev–Trinajstić information content (AvgIpc) is 2.77. The fourth-order valence-electron chi connectivity index (χ4n) is 3.16. The first-order valence-electron chi connectivity index (χ1n) is 9.50. The molecule has 1 aliphatic rings. The Balaban J connectivity index is 1.50. The van der Waals surface area contributed by atoms with E-state index in [1.54, 1.807) is 19.2 Å². The fourth-order valence-corrected chi connectivity index (χ4v) is 3.63. The zero-order valence-electron chi connectivity index (χ0n) is 16.4. The summed E-state index contributed by atoms with van der Waals surface area (Å²) in [5.41, 5.74) is 2.72. The van der Waals surface area contributed by atoms with Crippen molar-refractivity contribution in [1.29, 1.82) is 0 Å². The molecule has 0 atom stereocenters. The molecular weight excluding hydrogens is 425 g/mol. The van der Waals surface area contributed by atoms with Crippen molar-refractivity contribution in [2.45, 2.75) is 13.2 Å². The molecule has 5 nitrogen and oxygen atoms in total. The Bertz CT molecular complexity index is 1040. The van der Waals surface area contributed by atoms with E-state index in [4.69, 9.17) is 42.1 Å². The number of para-hydroxylation sites is 1. The number of halogens is 2. The minimum atomic E-state index is 0.299. The van der Waals surface area contributed by atoms with Crippen LogP contribution in [-0.2, 0) is 13.2 Å². The molecule has 3 aromatic carbocycles. The summed E-state index contributed by atoms with van der Waals surface area (Å²) in [5.74, 6) is 2.82. The van der Waals surface area contributed by atoms with E-state index in [-0.39, 0.29) is 0 Å². The van der Waals surface area contributed by atoms with Crippen molar-refractivity contribution in [3.8, 4) is 23.0 Å². The van der Waals surface area contributed by atoms with Crippen LogP contribution in [0.15, 0.2) is 54.6 Å². The van der Waals surface area contributed by atoms with Gasteiger partial charge in [0.1, 0.15) is 19.8 Å². The normalized spacial score (nSPS) is 12.4. The first-order valence-corrected chi connectivity index (χ1v) is 10.3. The van der Waals surface area contributed by atoms with Crippen molar-refractivity contribution >= 4 is 28.9 Å². The highest BCUT2D eigenvalue weighted by molar-refractivity contribution is 6.35. The molecule has 156 valence electrons. The topological polar surface area (TPSA) is 49.0 Å². The number of benzene rings is 3. The van der Waals surface area contributed by atoms with Crippen molar-refractivity contribution in [3.63, 3.8) is 0 Å². The number of nitrogens with one attached hydrogen (secondary N) is 1. The van der Waals surface area contributed by atoms with Gasteiger partial charge >= 0.3 is 0 Å². The third-order valence-electron chi connectivity index (χ3n) is 4.69. The lowest BCUT2D eigenvalue weighted by molar-refractivity contribution is 0.171. The number of methoxy groups -OCH3 is 1. The van der Waals surface area contributed by atoms with Gasteiger partial charge in [0, 0.05) is 39.5 Å². The molecule has 0 radical (unpaired) electrons. The van der Waals surface area contributed by atoms with Crippen LogP contribution >= 0.6 is 23.2 Å². The maximum atomic E-state index is 6.28. The number of rotatable bonds is 7. The Labute approximate surface area is 185 Å². The number of ether oxygens (including phenoxy) is 4. The quantitative estimate of drug-likeness (QED) is 0.485. The van der Waals surface area contributed by atoms with Gasteiger partial charge in [0.05, 0.1) is 7.11 Å². The summed E-state index contributed by atoms with van der Waals surface area (Å²) in [6, 6.07) is 16.9. The van der Waals surface area contributed by atoms with E-state index in [0.29, 0.717) is 47.9 Å². The van der Waals surface area contributed by atoms with Crippen LogP contribution in [0.1, 0.15) is 11.1 Å². The summed E-state index contributed by atoms with van der Waals surface area (Å²) in [6.07, 6.45) is 0. The molecule has 30 heavy (non-hydrogen) atoms. The molecule has 0 bridgehead atoms. The molecule has 0 saturated heterocycles. The van der Waals surface area contributed by atoms with Gasteiger partial charge in [-0.15, -0.1) is 0 Å². The van der Waals surface area contributed by atoms with Crippen LogP contribution in [-0.4, -0.2) is 20.3 Å². The van der Waals surface area contributed by atoms with Crippen LogP contribution in [0.25, 0.3) is 0 Å².